The molecule has 1 N–H and O–H groups in total. The van der Waals surface area contributed by atoms with Crippen molar-refractivity contribution in [3.8, 4) is 0 Å². The van der Waals surface area contributed by atoms with Crippen LogP contribution in [0.15, 0.2) is 48.8 Å². The van der Waals surface area contributed by atoms with Crippen LogP contribution in [0, 0.1) is 0 Å². The van der Waals surface area contributed by atoms with Crippen LogP contribution in [0.1, 0.15) is 11.1 Å². The fourth-order valence-corrected chi connectivity index (χ4v) is 2.27. The molecule has 4 heteroatoms. The number of benzene rings is 1. The third-order valence-electron chi connectivity index (χ3n) is 3.03. The Bertz CT molecular complexity index is 533. The van der Waals surface area contributed by atoms with Crippen LogP contribution >= 0.6 is 11.6 Å². The molecule has 0 aliphatic carbocycles. The van der Waals surface area contributed by atoms with Gasteiger partial charge in [-0.2, -0.15) is 0 Å². The van der Waals surface area contributed by atoms with E-state index in [4.69, 9.17) is 16.3 Å². The average molecular weight is 278 g/mol. The van der Waals surface area contributed by atoms with E-state index in [1.165, 1.54) is 0 Å². The maximum Gasteiger partial charge on any atom is 0.117 e. The molecule has 19 heavy (non-hydrogen) atoms. The van der Waals surface area contributed by atoms with Crippen LogP contribution in [0.25, 0.3) is 0 Å². The minimum absolute atomic E-state index is 0.204. The first kappa shape index (κ1) is 14.0. The maximum atomic E-state index is 10.9. The smallest absolute Gasteiger partial charge is 0.117 e. The summed E-state index contributed by atoms with van der Waals surface area (Å²) in [6.45, 7) is 0.204. The Balaban J connectivity index is 2.33. The van der Waals surface area contributed by atoms with E-state index in [0.29, 0.717) is 11.4 Å². The lowest BCUT2D eigenvalue weighted by atomic mass is 9.88. The highest BCUT2D eigenvalue weighted by atomic mass is 35.5. The maximum absolute atomic E-state index is 10.9. The van der Waals surface area contributed by atoms with Gasteiger partial charge in [0.25, 0.3) is 0 Å². The van der Waals surface area contributed by atoms with E-state index in [1.54, 1.807) is 19.5 Å². The molecule has 0 amide bonds. The van der Waals surface area contributed by atoms with Crippen LogP contribution < -0.4 is 0 Å². The highest BCUT2D eigenvalue weighted by molar-refractivity contribution is 6.31. The molecule has 0 radical (unpaired) electrons. The number of halogens is 1. The van der Waals surface area contributed by atoms with Crippen LogP contribution in [0.3, 0.4) is 0 Å². The first-order valence-electron chi connectivity index (χ1n) is 6.01. The third-order valence-corrected chi connectivity index (χ3v) is 3.37. The van der Waals surface area contributed by atoms with E-state index in [1.807, 2.05) is 36.4 Å². The van der Waals surface area contributed by atoms with Gasteiger partial charge in [0, 0.05) is 25.9 Å². The zero-order valence-electron chi connectivity index (χ0n) is 10.7. The summed E-state index contributed by atoms with van der Waals surface area (Å²) in [4.78, 5) is 3.95. The van der Waals surface area contributed by atoms with Crippen LogP contribution in [0.2, 0.25) is 5.02 Å². The molecule has 0 spiro atoms. The van der Waals surface area contributed by atoms with Gasteiger partial charge in [0.1, 0.15) is 5.60 Å². The Kier molecular flexibility index (Phi) is 4.53. The molecule has 1 unspecified atom stereocenters. The van der Waals surface area contributed by atoms with Gasteiger partial charge >= 0.3 is 0 Å². The van der Waals surface area contributed by atoms with E-state index in [-0.39, 0.29) is 6.61 Å². The normalized spacial score (nSPS) is 14.1. The van der Waals surface area contributed by atoms with Crippen LogP contribution in [0.4, 0.5) is 0 Å². The molecular formula is C15H16ClNO2. The fourth-order valence-electron chi connectivity index (χ4n) is 2.09. The van der Waals surface area contributed by atoms with Crippen molar-refractivity contribution in [3.05, 3.63) is 64.9 Å². The Hall–Kier alpha value is -1.42. The van der Waals surface area contributed by atoms with Gasteiger partial charge < -0.3 is 9.84 Å². The van der Waals surface area contributed by atoms with Crippen molar-refractivity contribution in [1.82, 2.24) is 4.98 Å². The number of nitrogens with zero attached hydrogens (tertiary/aromatic N) is 1. The molecule has 1 aromatic heterocycles. The standard InChI is InChI=1S/C15H16ClNO2/c1-19-11-15(18,13-5-3-2-4-6-13)9-12-7-8-17-10-14(12)16/h2-8,10,18H,9,11H2,1H3. The zero-order valence-corrected chi connectivity index (χ0v) is 11.5. The van der Waals surface area contributed by atoms with Crippen molar-refractivity contribution in [3.63, 3.8) is 0 Å². The summed E-state index contributed by atoms with van der Waals surface area (Å²) in [6, 6.07) is 11.3. The molecule has 1 aromatic carbocycles. The van der Waals surface area contributed by atoms with Crippen LogP contribution in [0.5, 0.6) is 0 Å². The van der Waals surface area contributed by atoms with Gasteiger partial charge in [-0.3, -0.25) is 4.98 Å². The van der Waals surface area contributed by atoms with E-state index in [9.17, 15) is 5.11 Å². The number of methoxy groups -OCH3 is 1. The van der Waals surface area contributed by atoms with Crippen molar-refractivity contribution in [1.29, 1.82) is 0 Å². The first-order valence-corrected chi connectivity index (χ1v) is 6.39. The number of rotatable bonds is 5. The van der Waals surface area contributed by atoms with Gasteiger partial charge in [0.05, 0.1) is 11.6 Å². The number of hydrogen-bond acceptors (Lipinski definition) is 3. The molecule has 1 heterocycles. The topological polar surface area (TPSA) is 42.4 Å². The first-order chi connectivity index (χ1) is 9.15. The molecule has 0 aliphatic rings. The van der Waals surface area contributed by atoms with E-state index < -0.39 is 5.60 Å². The van der Waals surface area contributed by atoms with Gasteiger partial charge in [0.2, 0.25) is 0 Å². The van der Waals surface area contributed by atoms with Gasteiger partial charge in [-0.05, 0) is 17.2 Å². The predicted octanol–water partition coefficient (Wildman–Crippen LogP) is 2.81. The molecule has 2 aromatic rings. The number of ether oxygens (including phenoxy) is 1. The van der Waals surface area contributed by atoms with Crippen molar-refractivity contribution in [2.24, 2.45) is 0 Å². The summed E-state index contributed by atoms with van der Waals surface area (Å²) in [5, 5.41) is 11.4. The van der Waals surface area contributed by atoms with Crippen molar-refractivity contribution >= 4 is 11.6 Å². The number of aliphatic hydroxyl groups is 1. The highest BCUT2D eigenvalue weighted by Crippen LogP contribution is 2.28. The monoisotopic (exact) mass is 277 g/mol. The second-order valence-corrected chi connectivity index (χ2v) is 4.88. The number of aromatic nitrogens is 1. The number of pyridine rings is 1. The summed E-state index contributed by atoms with van der Waals surface area (Å²) in [6.07, 6.45) is 3.63. The highest BCUT2D eigenvalue weighted by Gasteiger charge is 2.30. The lowest BCUT2D eigenvalue weighted by molar-refractivity contribution is -0.0355. The molecule has 1 atom stereocenters. The lowest BCUT2D eigenvalue weighted by Crippen LogP contribution is -2.33. The quantitative estimate of drug-likeness (QED) is 0.914. The second-order valence-electron chi connectivity index (χ2n) is 4.47. The Morgan fingerprint density at radius 3 is 2.63 bits per heavy atom. The summed E-state index contributed by atoms with van der Waals surface area (Å²) in [5.74, 6) is 0. The minimum Gasteiger partial charge on any atom is -0.382 e. The molecule has 2 rings (SSSR count). The molecule has 0 aliphatic heterocycles. The number of hydrogen-bond donors (Lipinski definition) is 1. The molecular weight excluding hydrogens is 262 g/mol. The fraction of sp³-hybridized carbons (Fsp3) is 0.267. The Morgan fingerprint density at radius 1 is 1.26 bits per heavy atom. The van der Waals surface area contributed by atoms with Crippen molar-refractivity contribution in [2.75, 3.05) is 13.7 Å². The Labute approximate surface area is 117 Å². The molecule has 3 nitrogen and oxygen atoms in total. The summed E-state index contributed by atoms with van der Waals surface area (Å²) in [7, 11) is 1.57. The summed E-state index contributed by atoms with van der Waals surface area (Å²) >= 11 is 6.10. The Morgan fingerprint density at radius 2 is 2.00 bits per heavy atom. The summed E-state index contributed by atoms with van der Waals surface area (Å²) in [5.41, 5.74) is 0.561. The minimum atomic E-state index is -1.10. The third kappa shape index (κ3) is 3.32. The second kappa shape index (κ2) is 6.15. The average Bonchev–Trinajstić information content (AvgIpc) is 2.43. The zero-order chi connectivity index (χ0) is 13.7. The molecule has 0 fully saturated rings. The van der Waals surface area contributed by atoms with E-state index in [0.717, 1.165) is 11.1 Å². The van der Waals surface area contributed by atoms with Crippen LogP contribution in [-0.4, -0.2) is 23.8 Å². The predicted molar refractivity (Wildman–Crippen MR) is 75.2 cm³/mol. The SMILES string of the molecule is COCC(O)(Cc1ccncc1Cl)c1ccccc1. The molecule has 100 valence electrons. The molecule has 0 saturated carbocycles. The van der Waals surface area contributed by atoms with Gasteiger partial charge in [-0.15, -0.1) is 0 Å². The largest absolute Gasteiger partial charge is 0.382 e. The lowest BCUT2D eigenvalue weighted by Gasteiger charge is -2.28. The molecule has 0 saturated heterocycles. The van der Waals surface area contributed by atoms with Crippen LogP contribution in [-0.2, 0) is 16.8 Å². The van der Waals surface area contributed by atoms with Gasteiger partial charge in [-0.1, -0.05) is 41.9 Å². The summed E-state index contributed by atoms with van der Waals surface area (Å²) < 4.78 is 5.16. The van der Waals surface area contributed by atoms with Crippen molar-refractivity contribution in [2.45, 2.75) is 12.0 Å². The van der Waals surface area contributed by atoms with E-state index >= 15 is 0 Å². The van der Waals surface area contributed by atoms with E-state index in [2.05, 4.69) is 4.98 Å². The van der Waals surface area contributed by atoms with Gasteiger partial charge in [0.15, 0.2) is 0 Å². The van der Waals surface area contributed by atoms with Gasteiger partial charge in [-0.25, -0.2) is 0 Å². The molecule has 0 bridgehead atoms. The van der Waals surface area contributed by atoms with Crippen molar-refractivity contribution < 1.29 is 9.84 Å².